The van der Waals surface area contributed by atoms with Crippen LogP contribution in [0.25, 0.3) is 0 Å². The number of hydrogen-bond donors (Lipinski definition) is 6. The third kappa shape index (κ3) is 13.8. The molecule has 0 fully saturated rings. The van der Waals surface area contributed by atoms with Gasteiger partial charge in [0.1, 0.15) is 21.5 Å². The molecule has 0 bridgehead atoms. The van der Waals surface area contributed by atoms with Gasteiger partial charge in [-0.15, -0.1) is 0 Å². The van der Waals surface area contributed by atoms with E-state index < -0.39 is 36.1 Å². The number of amides is 1. The van der Waals surface area contributed by atoms with Crippen molar-refractivity contribution in [3.8, 4) is 11.5 Å². The first-order valence-corrected chi connectivity index (χ1v) is 25.7. The Kier molecular flexibility index (Phi) is 17.9. The zero-order valence-corrected chi connectivity index (χ0v) is 42.8. The van der Waals surface area contributed by atoms with Crippen LogP contribution in [-0.2, 0) is 42.1 Å². The lowest BCUT2D eigenvalue weighted by Crippen LogP contribution is -2.15. The number of carboxylic acids is 1. The standard InChI is InChI=1S/C27H27ClN6O4S.C22H23ClN4O5S/c1-17(2)39(36,37)24-7-5-4-6-21(24)32-26-20(28)16-30-27(34-26)33-22-14-18(8-9-23(22)38-3)15-25(35)31-19-10-12-29-13-11-19;1-13(2)33(30,31)19-7-5-4-6-16(19)25-21-15(23)12-24-22(27-21)26-17-10-14(11-20(28)29)8-9-18(17)32-3/h4-14,16-17H,15H2,1-3H3,(H,29,31,35)(H2,30,32,33,34);4-10,12-13H,11H2,1-3H3,(H,28,29)(H2,24,25,26,27). The van der Waals surface area contributed by atoms with Gasteiger partial charge in [0.15, 0.2) is 31.3 Å². The van der Waals surface area contributed by atoms with Crippen LogP contribution < -0.4 is 36.1 Å². The number of methoxy groups -OCH3 is 2. The van der Waals surface area contributed by atoms with E-state index in [0.717, 1.165) is 5.56 Å². The fraction of sp³-hybridized carbons (Fsp3) is 0.204. The van der Waals surface area contributed by atoms with Gasteiger partial charge in [-0.05, 0) is 99.5 Å². The first-order valence-electron chi connectivity index (χ1n) is 21.8. The molecule has 0 aliphatic heterocycles. The highest BCUT2D eigenvalue weighted by Crippen LogP contribution is 2.35. The summed E-state index contributed by atoms with van der Waals surface area (Å²) in [4.78, 5) is 45.0. The molecular weight excluding hydrogens is 1010 g/mol. The predicted molar refractivity (Wildman–Crippen MR) is 279 cm³/mol. The fourth-order valence-electron chi connectivity index (χ4n) is 6.60. The zero-order chi connectivity index (χ0) is 52.2. The summed E-state index contributed by atoms with van der Waals surface area (Å²) in [7, 11) is -4.10. The number of carbonyl (C=O) groups excluding carboxylic acids is 1. The van der Waals surface area contributed by atoms with Gasteiger partial charge in [0.25, 0.3) is 0 Å². The summed E-state index contributed by atoms with van der Waals surface area (Å²) in [6, 6.07) is 26.7. The summed E-state index contributed by atoms with van der Waals surface area (Å²) < 4.78 is 62.0. The number of rotatable bonds is 19. The van der Waals surface area contributed by atoms with E-state index >= 15 is 0 Å². The number of sulfone groups is 2. The topological polar surface area (TPSA) is 266 Å². The molecule has 6 N–H and O–H groups in total. The van der Waals surface area contributed by atoms with Gasteiger partial charge in [-0.2, -0.15) is 9.97 Å². The lowest BCUT2D eigenvalue weighted by Gasteiger charge is -2.16. The highest BCUT2D eigenvalue weighted by molar-refractivity contribution is 7.92. The number of ether oxygens (including phenoxy) is 2. The molecule has 0 unspecified atom stereocenters. The second-order valence-electron chi connectivity index (χ2n) is 16.1. The summed E-state index contributed by atoms with van der Waals surface area (Å²) >= 11 is 12.6. The molecule has 4 aromatic carbocycles. The van der Waals surface area contributed by atoms with Crippen molar-refractivity contribution in [2.75, 3.05) is 40.8 Å². The van der Waals surface area contributed by atoms with Gasteiger partial charge in [0, 0.05) is 18.1 Å². The van der Waals surface area contributed by atoms with Crippen molar-refractivity contribution in [3.05, 3.63) is 143 Å². The van der Waals surface area contributed by atoms with Crippen LogP contribution >= 0.6 is 23.2 Å². The molecule has 0 atom stereocenters. The molecular formula is C49H50Cl2N10O9S2. The number of aromatic nitrogens is 5. The van der Waals surface area contributed by atoms with Crippen LogP contribution in [0.15, 0.2) is 132 Å². The van der Waals surface area contributed by atoms with Gasteiger partial charge in [0.05, 0.1) is 82.5 Å². The zero-order valence-electron chi connectivity index (χ0n) is 39.6. The van der Waals surface area contributed by atoms with E-state index in [4.69, 9.17) is 37.8 Å². The number of para-hydroxylation sites is 2. The third-order valence-corrected chi connectivity index (χ3v) is 15.3. The third-order valence-electron chi connectivity index (χ3n) is 10.3. The largest absolute Gasteiger partial charge is 0.495 e. The SMILES string of the molecule is COc1ccc(CC(=O)Nc2ccncc2)cc1Nc1ncc(Cl)c(Nc2ccccc2S(=O)(=O)C(C)C)n1.COc1ccc(CC(=O)O)cc1Nc1ncc(Cl)c(Nc2ccccc2S(=O)(=O)C(C)C)n1. The van der Waals surface area contributed by atoms with Crippen LogP contribution in [0.2, 0.25) is 10.0 Å². The average molecular weight is 1060 g/mol. The monoisotopic (exact) mass is 1060 g/mol. The molecule has 0 aliphatic carbocycles. The first-order chi connectivity index (χ1) is 34.3. The highest BCUT2D eigenvalue weighted by Gasteiger charge is 2.25. The maximum Gasteiger partial charge on any atom is 0.307 e. The van der Waals surface area contributed by atoms with Crippen molar-refractivity contribution >= 4 is 107 Å². The molecule has 3 aromatic heterocycles. The van der Waals surface area contributed by atoms with E-state index in [1.807, 2.05) is 0 Å². The van der Waals surface area contributed by atoms with Gasteiger partial charge in [-0.1, -0.05) is 59.6 Å². The summed E-state index contributed by atoms with van der Waals surface area (Å²) in [6.07, 6.45) is 5.93. The Bertz CT molecular complexity index is 3300. The first kappa shape index (κ1) is 53.8. The number of nitrogens with zero attached hydrogens (tertiary/aromatic N) is 5. The quantitative estimate of drug-likeness (QED) is 0.0440. The fourth-order valence-corrected chi connectivity index (χ4v) is 9.28. The Morgan fingerprint density at radius 2 is 1.03 bits per heavy atom. The van der Waals surface area contributed by atoms with Crippen molar-refractivity contribution in [1.29, 1.82) is 0 Å². The molecule has 7 aromatic rings. The summed E-state index contributed by atoms with van der Waals surface area (Å²) in [5, 5.41) is 23.2. The number of carbonyl (C=O) groups is 2. The maximum atomic E-state index is 12.9. The number of halogens is 2. The molecule has 72 heavy (non-hydrogen) atoms. The van der Waals surface area contributed by atoms with E-state index in [2.05, 4.69) is 51.5 Å². The van der Waals surface area contributed by atoms with Gasteiger partial charge in [-0.25, -0.2) is 26.8 Å². The van der Waals surface area contributed by atoms with Gasteiger partial charge < -0.3 is 41.2 Å². The normalized spacial score (nSPS) is 11.2. The summed E-state index contributed by atoms with van der Waals surface area (Å²) in [5.74, 6) is 0.561. The highest BCUT2D eigenvalue weighted by atomic mass is 35.5. The molecule has 0 saturated carbocycles. The smallest absolute Gasteiger partial charge is 0.307 e. The van der Waals surface area contributed by atoms with E-state index in [1.165, 1.54) is 38.7 Å². The molecule has 19 nitrogen and oxygen atoms in total. The van der Waals surface area contributed by atoms with Crippen LogP contribution in [0.5, 0.6) is 11.5 Å². The van der Waals surface area contributed by atoms with Crippen molar-refractivity contribution in [2.24, 2.45) is 0 Å². The Morgan fingerprint density at radius 3 is 1.44 bits per heavy atom. The van der Waals surface area contributed by atoms with Crippen LogP contribution in [-0.4, -0.2) is 83.5 Å². The number of hydrogen-bond acceptors (Lipinski definition) is 17. The molecule has 3 heterocycles. The Labute approximate surface area is 426 Å². The minimum atomic E-state index is -3.56. The average Bonchev–Trinajstić information content (AvgIpc) is 3.34. The Balaban J connectivity index is 0.000000239. The summed E-state index contributed by atoms with van der Waals surface area (Å²) in [5.41, 5.74) is 3.61. The molecule has 0 radical (unpaired) electrons. The van der Waals surface area contributed by atoms with Gasteiger partial charge in [0.2, 0.25) is 17.8 Å². The van der Waals surface area contributed by atoms with Crippen molar-refractivity contribution in [3.63, 3.8) is 0 Å². The molecule has 1 amide bonds. The summed E-state index contributed by atoms with van der Waals surface area (Å²) in [6.45, 7) is 6.46. The van der Waals surface area contributed by atoms with E-state index in [-0.39, 0.29) is 62.1 Å². The van der Waals surface area contributed by atoms with Crippen LogP contribution in [0.3, 0.4) is 0 Å². The molecule has 7 rings (SSSR count). The van der Waals surface area contributed by atoms with E-state index in [9.17, 15) is 26.4 Å². The molecule has 0 spiro atoms. The number of benzene rings is 4. The second kappa shape index (κ2) is 24.0. The number of anilines is 9. The molecule has 0 aliphatic rings. The Morgan fingerprint density at radius 1 is 0.597 bits per heavy atom. The number of pyridine rings is 1. The minimum absolute atomic E-state index is 0.121. The number of carboxylic acid groups (broad SMARTS) is 1. The van der Waals surface area contributed by atoms with Crippen molar-refractivity contribution < 1.29 is 41.0 Å². The van der Waals surface area contributed by atoms with Crippen LogP contribution in [0.4, 0.5) is 52.0 Å². The van der Waals surface area contributed by atoms with Crippen LogP contribution in [0.1, 0.15) is 38.8 Å². The maximum absolute atomic E-state index is 12.9. The van der Waals surface area contributed by atoms with Crippen molar-refractivity contribution in [2.45, 2.75) is 60.8 Å². The van der Waals surface area contributed by atoms with Crippen LogP contribution in [0, 0.1) is 0 Å². The number of aliphatic carboxylic acids is 1. The molecule has 0 saturated heterocycles. The number of nitrogens with one attached hydrogen (secondary N) is 5. The molecule has 376 valence electrons. The van der Waals surface area contributed by atoms with E-state index in [0.29, 0.717) is 45.5 Å². The predicted octanol–water partition coefficient (Wildman–Crippen LogP) is 9.82. The molecule has 23 heteroatoms. The van der Waals surface area contributed by atoms with Crippen molar-refractivity contribution in [1.82, 2.24) is 24.9 Å². The van der Waals surface area contributed by atoms with E-state index in [1.54, 1.807) is 125 Å². The van der Waals surface area contributed by atoms with Gasteiger partial charge in [-0.3, -0.25) is 14.6 Å². The lowest BCUT2D eigenvalue weighted by atomic mass is 10.1. The minimum Gasteiger partial charge on any atom is -0.495 e. The van der Waals surface area contributed by atoms with Gasteiger partial charge >= 0.3 is 5.97 Å². The lowest BCUT2D eigenvalue weighted by molar-refractivity contribution is -0.136. The Hall–Kier alpha value is -7.59. The second-order valence-corrected chi connectivity index (χ2v) is 21.8.